The Labute approximate surface area is 116 Å². The van der Waals surface area contributed by atoms with Crippen LogP contribution in [0.25, 0.3) is 10.9 Å². The number of benzene rings is 1. The van der Waals surface area contributed by atoms with Crippen molar-refractivity contribution in [3.05, 3.63) is 36.0 Å². The van der Waals surface area contributed by atoms with Crippen molar-refractivity contribution in [1.82, 2.24) is 9.88 Å². The Morgan fingerprint density at radius 3 is 2.65 bits per heavy atom. The lowest BCUT2D eigenvalue weighted by Gasteiger charge is -2.13. The van der Waals surface area contributed by atoms with E-state index in [4.69, 9.17) is 5.11 Å². The lowest BCUT2D eigenvalue weighted by molar-refractivity contribution is -0.126. The number of carboxylic acids is 1. The number of hydrogen-bond donors (Lipinski definition) is 2. The first-order valence-corrected chi connectivity index (χ1v) is 6.06. The Kier molecular flexibility index (Phi) is 3.84. The SMILES string of the molecule is CN(C)C(=O)CNc1cc(C(=O)O)nc2ccccc12. The van der Waals surface area contributed by atoms with Gasteiger partial charge in [0.25, 0.3) is 0 Å². The van der Waals surface area contributed by atoms with Crippen LogP contribution in [-0.2, 0) is 4.79 Å². The maximum atomic E-state index is 11.6. The Balaban J connectivity index is 2.39. The fourth-order valence-corrected chi connectivity index (χ4v) is 1.76. The first-order valence-electron chi connectivity index (χ1n) is 6.06. The number of aromatic nitrogens is 1. The molecule has 1 heterocycles. The van der Waals surface area contributed by atoms with Crippen molar-refractivity contribution in [1.29, 1.82) is 0 Å². The van der Waals surface area contributed by atoms with E-state index in [0.717, 1.165) is 5.39 Å². The lowest BCUT2D eigenvalue weighted by Crippen LogP contribution is -2.28. The number of fused-ring (bicyclic) bond motifs is 1. The second-order valence-electron chi connectivity index (χ2n) is 4.52. The summed E-state index contributed by atoms with van der Waals surface area (Å²) in [5.74, 6) is -1.19. The van der Waals surface area contributed by atoms with E-state index in [-0.39, 0.29) is 18.1 Å². The molecular formula is C14H15N3O3. The molecule has 2 rings (SSSR count). The standard InChI is InChI=1S/C14H15N3O3/c1-17(2)13(18)8-15-11-7-12(14(19)20)16-10-6-4-3-5-9(10)11/h3-7H,8H2,1-2H3,(H,15,16)(H,19,20). The minimum absolute atomic E-state index is 0.0523. The highest BCUT2D eigenvalue weighted by molar-refractivity contribution is 5.97. The first-order chi connectivity index (χ1) is 9.49. The third-order valence-corrected chi connectivity index (χ3v) is 2.86. The van der Waals surface area contributed by atoms with Crippen molar-refractivity contribution in [3.8, 4) is 0 Å². The van der Waals surface area contributed by atoms with Crippen LogP contribution in [0.1, 0.15) is 10.5 Å². The number of nitrogens with one attached hydrogen (secondary N) is 1. The Bertz CT molecular complexity index is 668. The minimum atomic E-state index is -1.10. The molecule has 0 atom stereocenters. The summed E-state index contributed by atoms with van der Waals surface area (Å²) in [6.07, 6.45) is 0. The molecule has 0 bridgehead atoms. The average Bonchev–Trinajstić information content (AvgIpc) is 2.43. The van der Waals surface area contributed by atoms with Gasteiger partial charge in [0, 0.05) is 25.2 Å². The van der Waals surface area contributed by atoms with Crippen LogP contribution in [0.5, 0.6) is 0 Å². The second kappa shape index (κ2) is 5.56. The summed E-state index contributed by atoms with van der Waals surface area (Å²) < 4.78 is 0. The molecule has 0 radical (unpaired) electrons. The smallest absolute Gasteiger partial charge is 0.354 e. The second-order valence-corrected chi connectivity index (χ2v) is 4.52. The Hall–Kier alpha value is -2.63. The van der Waals surface area contributed by atoms with Gasteiger partial charge in [0.1, 0.15) is 0 Å². The van der Waals surface area contributed by atoms with Gasteiger partial charge in [-0.25, -0.2) is 9.78 Å². The molecule has 0 aliphatic carbocycles. The zero-order valence-electron chi connectivity index (χ0n) is 11.3. The third-order valence-electron chi connectivity index (χ3n) is 2.86. The van der Waals surface area contributed by atoms with Gasteiger partial charge < -0.3 is 15.3 Å². The molecule has 0 aliphatic rings. The number of carbonyl (C=O) groups excluding carboxylic acids is 1. The van der Waals surface area contributed by atoms with E-state index in [1.165, 1.54) is 11.0 Å². The van der Waals surface area contributed by atoms with E-state index >= 15 is 0 Å². The molecule has 0 aliphatic heterocycles. The van der Waals surface area contributed by atoms with Gasteiger partial charge in [-0.2, -0.15) is 0 Å². The molecule has 1 aromatic heterocycles. The molecule has 0 spiro atoms. The summed E-state index contributed by atoms with van der Waals surface area (Å²) in [4.78, 5) is 28.2. The van der Waals surface area contributed by atoms with E-state index in [1.807, 2.05) is 12.1 Å². The molecule has 0 unspecified atom stereocenters. The maximum absolute atomic E-state index is 11.6. The highest BCUT2D eigenvalue weighted by atomic mass is 16.4. The van der Waals surface area contributed by atoms with Gasteiger partial charge in [-0.1, -0.05) is 18.2 Å². The highest BCUT2D eigenvalue weighted by Gasteiger charge is 2.11. The van der Waals surface area contributed by atoms with Gasteiger partial charge in [0.15, 0.2) is 5.69 Å². The molecule has 6 heteroatoms. The zero-order valence-corrected chi connectivity index (χ0v) is 11.3. The average molecular weight is 273 g/mol. The van der Waals surface area contributed by atoms with Crippen LogP contribution in [0.2, 0.25) is 0 Å². The number of likely N-dealkylation sites (N-methyl/N-ethyl adjacent to an activating group) is 1. The van der Waals surface area contributed by atoms with E-state index in [2.05, 4.69) is 10.3 Å². The number of amides is 1. The van der Waals surface area contributed by atoms with Gasteiger partial charge in [-0.3, -0.25) is 4.79 Å². The van der Waals surface area contributed by atoms with Crippen LogP contribution in [0, 0.1) is 0 Å². The maximum Gasteiger partial charge on any atom is 0.354 e. The Morgan fingerprint density at radius 1 is 1.30 bits per heavy atom. The van der Waals surface area contributed by atoms with Gasteiger partial charge in [-0.05, 0) is 12.1 Å². The van der Waals surface area contributed by atoms with Gasteiger partial charge in [-0.15, -0.1) is 0 Å². The highest BCUT2D eigenvalue weighted by Crippen LogP contribution is 2.23. The van der Waals surface area contributed by atoms with Crippen molar-refractivity contribution in [3.63, 3.8) is 0 Å². The number of pyridine rings is 1. The van der Waals surface area contributed by atoms with Crippen LogP contribution < -0.4 is 5.32 Å². The summed E-state index contributed by atoms with van der Waals surface area (Å²) >= 11 is 0. The Morgan fingerprint density at radius 2 is 2.00 bits per heavy atom. The third kappa shape index (κ3) is 2.85. The number of carboxylic acid groups (broad SMARTS) is 1. The topological polar surface area (TPSA) is 82.5 Å². The predicted molar refractivity (Wildman–Crippen MR) is 75.9 cm³/mol. The monoisotopic (exact) mass is 273 g/mol. The van der Waals surface area contributed by atoms with E-state index in [0.29, 0.717) is 11.2 Å². The number of rotatable bonds is 4. The number of hydrogen-bond acceptors (Lipinski definition) is 4. The molecule has 0 fully saturated rings. The molecule has 20 heavy (non-hydrogen) atoms. The van der Waals surface area contributed by atoms with Crippen molar-refractivity contribution in [2.45, 2.75) is 0 Å². The van der Waals surface area contributed by atoms with E-state index in [9.17, 15) is 9.59 Å². The molecular weight excluding hydrogens is 258 g/mol. The molecule has 2 N–H and O–H groups in total. The largest absolute Gasteiger partial charge is 0.477 e. The van der Waals surface area contributed by atoms with Crippen molar-refractivity contribution in [2.75, 3.05) is 26.0 Å². The summed E-state index contributed by atoms with van der Waals surface area (Å²) in [6, 6.07) is 8.63. The fraction of sp³-hybridized carbons (Fsp3) is 0.214. The first kappa shape index (κ1) is 13.8. The van der Waals surface area contributed by atoms with E-state index in [1.54, 1.807) is 26.2 Å². The molecule has 1 aromatic carbocycles. The van der Waals surface area contributed by atoms with Gasteiger partial charge in [0.2, 0.25) is 5.91 Å². The molecule has 2 aromatic rings. The summed E-state index contributed by atoms with van der Waals surface area (Å²) in [6.45, 7) is 0.0973. The summed E-state index contributed by atoms with van der Waals surface area (Å²) in [5, 5.41) is 12.8. The molecule has 0 saturated heterocycles. The quantitative estimate of drug-likeness (QED) is 0.880. The van der Waals surface area contributed by atoms with Crippen LogP contribution in [-0.4, -0.2) is 47.5 Å². The molecule has 6 nitrogen and oxygen atoms in total. The number of nitrogens with zero attached hydrogens (tertiary/aromatic N) is 2. The predicted octanol–water partition coefficient (Wildman–Crippen LogP) is 1.43. The lowest BCUT2D eigenvalue weighted by atomic mass is 10.1. The van der Waals surface area contributed by atoms with Crippen LogP contribution >= 0.6 is 0 Å². The number of aromatic carboxylic acids is 1. The van der Waals surface area contributed by atoms with Crippen molar-refractivity contribution < 1.29 is 14.7 Å². The minimum Gasteiger partial charge on any atom is -0.477 e. The van der Waals surface area contributed by atoms with Crippen molar-refractivity contribution in [2.24, 2.45) is 0 Å². The molecule has 1 amide bonds. The summed E-state index contributed by atoms with van der Waals surface area (Å²) in [5.41, 5.74) is 1.11. The van der Waals surface area contributed by atoms with Crippen molar-refractivity contribution >= 4 is 28.5 Å². The van der Waals surface area contributed by atoms with Crippen LogP contribution in [0.3, 0.4) is 0 Å². The fourth-order valence-electron chi connectivity index (χ4n) is 1.76. The normalized spacial score (nSPS) is 10.3. The number of para-hydroxylation sites is 1. The zero-order chi connectivity index (χ0) is 14.7. The van der Waals surface area contributed by atoms with Gasteiger partial charge >= 0.3 is 5.97 Å². The van der Waals surface area contributed by atoms with Crippen LogP contribution in [0.4, 0.5) is 5.69 Å². The number of anilines is 1. The number of carbonyl (C=O) groups is 2. The van der Waals surface area contributed by atoms with E-state index < -0.39 is 5.97 Å². The summed E-state index contributed by atoms with van der Waals surface area (Å²) in [7, 11) is 3.33. The van der Waals surface area contributed by atoms with Crippen LogP contribution in [0.15, 0.2) is 30.3 Å². The van der Waals surface area contributed by atoms with Gasteiger partial charge in [0.05, 0.1) is 12.1 Å². The molecule has 0 saturated carbocycles. The molecule has 104 valence electrons.